The third-order valence-electron chi connectivity index (χ3n) is 5.60. The lowest BCUT2D eigenvalue weighted by molar-refractivity contribution is 0.181. The zero-order chi connectivity index (χ0) is 20.9. The molecule has 0 bridgehead atoms. The molecule has 2 unspecified atom stereocenters. The zero-order valence-corrected chi connectivity index (χ0v) is 16.8. The van der Waals surface area contributed by atoms with Gasteiger partial charge in [0.2, 0.25) is 10.0 Å². The fourth-order valence-corrected chi connectivity index (χ4v) is 5.36. The molecule has 1 aromatic carbocycles. The third kappa shape index (κ3) is 3.38. The van der Waals surface area contributed by atoms with Gasteiger partial charge >= 0.3 is 5.76 Å². The number of hydrogen-bond acceptors (Lipinski definition) is 7. The number of aromatic amines is 1. The first kappa shape index (κ1) is 19.2. The van der Waals surface area contributed by atoms with Crippen LogP contribution in [0, 0.1) is 0 Å². The fourth-order valence-electron chi connectivity index (χ4n) is 4.08. The molecule has 1 fully saturated rings. The lowest BCUT2D eigenvalue weighted by atomic mass is 9.97. The van der Waals surface area contributed by atoms with Crippen molar-refractivity contribution in [3.05, 3.63) is 56.4 Å². The first-order valence-electron chi connectivity index (χ1n) is 9.75. The molecule has 11 heteroatoms. The number of sulfonamides is 1. The van der Waals surface area contributed by atoms with Gasteiger partial charge in [-0.1, -0.05) is 0 Å². The highest BCUT2D eigenvalue weighted by molar-refractivity contribution is 7.89. The molecule has 0 radical (unpaired) electrons. The van der Waals surface area contributed by atoms with E-state index in [4.69, 9.17) is 9.15 Å². The van der Waals surface area contributed by atoms with Gasteiger partial charge in [-0.3, -0.25) is 9.78 Å². The van der Waals surface area contributed by atoms with Crippen molar-refractivity contribution in [2.24, 2.45) is 0 Å². The number of nitrogens with zero attached hydrogens (tertiary/aromatic N) is 2. The fraction of sp³-hybridized carbons (Fsp3) is 0.421. The van der Waals surface area contributed by atoms with Crippen molar-refractivity contribution in [2.75, 3.05) is 13.2 Å². The molecular formula is C19H20N4O6S. The average Bonchev–Trinajstić information content (AvgIpc) is 3.31. The van der Waals surface area contributed by atoms with Crippen molar-refractivity contribution in [1.82, 2.24) is 19.5 Å². The quantitative estimate of drug-likeness (QED) is 0.612. The number of nitrogens with one attached hydrogen (secondary N) is 2. The molecule has 2 atom stereocenters. The van der Waals surface area contributed by atoms with Gasteiger partial charge in [0.15, 0.2) is 5.58 Å². The van der Waals surface area contributed by atoms with Crippen LogP contribution in [0.25, 0.3) is 11.1 Å². The van der Waals surface area contributed by atoms with Crippen molar-refractivity contribution < 1.29 is 17.6 Å². The van der Waals surface area contributed by atoms with Gasteiger partial charge in [0.25, 0.3) is 5.56 Å². The van der Waals surface area contributed by atoms with Crippen LogP contribution in [0.4, 0.5) is 0 Å². The summed E-state index contributed by atoms with van der Waals surface area (Å²) >= 11 is 0. The van der Waals surface area contributed by atoms with E-state index in [2.05, 4.69) is 14.8 Å². The summed E-state index contributed by atoms with van der Waals surface area (Å²) in [6.07, 6.45) is 3.71. The second-order valence-electron chi connectivity index (χ2n) is 7.61. The molecule has 3 aromatic rings. The largest absolute Gasteiger partial charge is 0.417 e. The van der Waals surface area contributed by atoms with E-state index in [1.54, 1.807) is 6.07 Å². The number of benzene rings is 1. The Morgan fingerprint density at radius 1 is 1.13 bits per heavy atom. The summed E-state index contributed by atoms with van der Waals surface area (Å²) in [6.45, 7) is 0.312. The number of H-pyrrole nitrogens is 1. The average molecular weight is 432 g/mol. The Bertz CT molecular complexity index is 1340. The Hall–Kier alpha value is -2.76. The van der Waals surface area contributed by atoms with Gasteiger partial charge in [0.05, 0.1) is 41.4 Å². The van der Waals surface area contributed by atoms with Crippen molar-refractivity contribution in [2.45, 2.75) is 42.7 Å². The van der Waals surface area contributed by atoms with Crippen molar-refractivity contribution in [1.29, 1.82) is 0 Å². The van der Waals surface area contributed by atoms with Gasteiger partial charge < -0.3 is 9.15 Å². The van der Waals surface area contributed by atoms with Crippen LogP contribution in [0.3, 0.4) is 0 Å². The normalized spacial score (nSPS) is 21.7. The molecule has 158 valence electrons. The Morgan fingerprint density at radius 3 is 2.83 bits per heavy atom. The summed E-state index contributed by atoms with van der Waals surface area (Å²) in [5.41, 5.74) is 2.16. The highest BCUT2D eigenvalue weighted by Crippen LogP contribution is 2.23. The molecule has 2 aromatic heterocycles. The number of aryl methyl sites for hydroxylation is 2. The molecule has 30 heavy (non-hydrogen) atoms. The summed E-state index contributed by atoms with van der Waals surface area (Å²) in [5.74, 6) is -0.658. The zero-order valence-electron chi connectivity index (χ0n) is 16.0. The summed E-state index contributed by atoms with van der Waals surface area (Å²) in [5, 5.41) is 4.53. The van der Waals surface area contributed by atoms with Crippen molar-refractivity contribution >= 4 is 21.1 Å². The Balaban J connectivity index is 1.45. The molecule has 0 amide bonds. The minimum Gasteiger partial charge on any atom is -0.408 e. The van der Waals surface area contributed by atoms with Crippen LogP contribution in [-0.2, 0) is 27.6 Å². The van der Waals surface area contributed by atoms with E-state index in [0.717, 1.165) is 36.9 Å². The van der Waals surface area contributed by atoms with Gasteiger partial charge in [-0.2, -0.15) is 5.10 Å². The standard InChI is InChI=1S/C19H20N4O6S/c24-18-7-11-3-1-2-4-13(11)21-23(18)16-10-28-9-15(16)22-30(26,27)12-5-6-17-14(8-12)20-19(25)29-17/h5-8,15-16,22H,1-4,9-10H2,(H,20,25). The molecule has 2 aliphatic rings. The lowest BCUT2D eigenvalue weighted by Gasteiger charge is -2.22. The maximum absolute atomic E-state index is 12.9. The monoisotopic (exact) mass is 432 g/mol. The Kier molecular flexibility index (Phi) is 4.60. The maximum atomic E-state index is 12.9. The SMILES string of the molecule is O=c1[nH]c2cc(S(=O)(=O)NC3COCC3n3nc4c(cc3=O)CCCC4)ccc2o1. The van der Waals surface area contributed by atoms with Crippen LogP contribution in [0.2, 0.25) is 0 Å². The number of oxazole rings is 1. The van der Waals surface area contributed by atoms with E-state index in [-0.39, 0.29) is 34.8 Å². The highest BCUT2D eigenvalue weighted by Gasteiger charge is 2.35. The Labute approximate surface area is 170 Å². The topological polar surface area (TPSA) is 136 Å². The van der Waals surface area contributed by atoms with Crippen LogP contribution < -0.4 is 16.0 Å². The molecule has 10 nitrogen and oxygen atoms in total. The van der Waals surface area contributed by atoms with E-state index in [9.17, 15) is 18.0 Å². The van der Waals surface area contributed by atoms with Crippen LogP contribution in [0.15, 0.2) is 43.2 Å². The summed E-state index contributed by atoms with van der Waals surface area (Å²) < 4.78 is 40.2. The van der Waals surface area contributed by atoms with E-state index < -0.39 is 27.9 Å². The Morgan fingerprint density at radius 2 is 1.97 bits per heavy atom. The second kappa shape index (κ2) is 7.18. The van der Waals surface area contributed by atoms with E-state index in [0.29, 0.717) is 0 Å². The molecule has 1 aliphatic heterocycles. The van der Waals surface area contributed by atoms with E-state index in [1.165, 1.54) is 22.9 Å². The predicted molar refractivity (Wildman–Crippen MR) is 106 cm³/mol. The molecule has 2 N–H and O–H groups in total. The first-order chi connectivity index (χ1) is 14.4. The van der Waals surface area contributed by atoms with Crippen LogP contribution >= 0.6 is 0 Å². The van der Waals surface area contributed by atoms with Gasteiger partial charge in [0.1, 0.15) is 0 Å². The molecule has 1 aliphatic carbocycles. The second-order valence-corrected chi connectivity index (χ2v) is 9.33. The van der Waals surface area contributed by atoms with Crippen LogP contribution in [0.1, 0.15) is 30.1 Å². The van der Waals surface area contributed by atoms with Crippen LogP contribution in [-0.4, -0.2) is 42.4 Å². The number of fused-ring (bicyclic) bond motifs is 2. The minimum absolute atomic E-state index is 0.0246. The number of rotatable bonds is 4. The van der Waals surface area contributed by atoms with Crippen molar-refractivity contribution in [3.63, 3.8) is 0 Å². The predicted octanol–water partition coefficient (Wildman–Crippen LogP) is 0.475. The summed E-state index contributed by atoms with van der Waals surface area (Å²) in [4.78, 5) is 26.4. The van der Waals surface area contributed by atoms with Crippen LogP contribution in [0.5, 0.6) is 0 Å². The first-order valence-corrected chi connectivity index (χ1v) is 11.2. The smallest absolute Gasteiger partial charge is 0.408 e. The van der Waals surface area contributed by atoms with Gasteiger partial charge in [-0.05, 0) is 49.4 Å². The molecule has 0 saturated carbocycles. The lowest BCUT2D eigenvalue weighted by Crippen LogP contribution is -2.44. The van der Waals surface area contributed by atoms with E-state index >= 15 is 0 Å². The third-order valence-corrected chi connectivity index (χ3v) is 7.09. The maximum Gasteiger partial charge on any atom is 0.417 e. The number of aromatic nitrogens is 3. The van der Waals surface area contributed by atoms with Gasteiger partial charge in [-0.25, -0.2) is 22.6 Å². The van der Waals surface area contributed by atoms with Gasteiger partial charge in [-0.15, -0.1) is 0 Å². The molecular weight excluding hydrogens is 412 g/mol. The number of hydrogen-bond donors (Lipinski definition) is 2. The molecule has 3 heterocycles. The summed E-state index contributed by atoms with van der Waals surface area (Å²) in [6, 6.07) is 4.51. The molecule has 5 rings (SSSR count). The van der Waals surface area contributed by atoms with E-state index in [1.807, 2.05) is 0 Å². The highest BCUT2D eigenvalue weighted by atomic mass is 32.2. The number of ether oxygens (including phenoxy) is 1. The van der Waals surface area contributed by atoms with Gasteiger partial charge in [0, 0.05) is 6.07 Å². The minimum atomic E-state index is -3.93. The molecule has 0 spiro atoms. The summed E-state index contributed by atoms with van der Waals surface area (Å²) in [7, 11) is -3.93. The van der Waals surface area contributed by atoms with Crippen molar-refractivity contribution in [3.8, 4) is 0 Å². The molecule has 1 saturated heterocycles.